The number of halogens is 1. The van der Waals surface area contributed by atoms with Crippen molar-refractivity contribution < 1.29 is 28.0 Å². The zero-order valence-corrected chi connectivity index (χ0v) is 13.7. The molecule has 0 aromatic heterocycles. The molecule has 120 valence electrons. The van der Waals surface area contributed by atoms with Crippen LogP contribution in [0.1, 0.15) is 38.1 Å². The van der Waals surface area contributed by atoms with E-state index < -0.39 is 30.1 Å². The first-order valence-corrected chi connectivity index (χ1v) is 6.94. The third kappa shape index (κ3) is 2.70. The molecule has 1 saturated heterocycles. The lowest BCUT2D eigenvalue weighted by atomic mass is 9.78. The Kier molecular flexibility index (Phi) is 4.23. The van der Waals surface area contributed by atoms with E-state index >= 15 is 0 Å². The molecule has 7 heteroatoms. The van der Waals surface area contributed by atoms with Gasteiger partial charge in [-0.15, -0.1) is 0 Å². The maximum atomic E-state index is 14.4. The standard InChI is InChI=1S/C15H20BFO5/c1-14(2)15(3,4)22-16(21-14)10-8-12(19-5)9(7-11(10)17)13(18)20-6/h7-8H,1-6H3. The normalized spacial score (nSPS) is 19.1. The Hall–Kier alpha value is -1.60. The second-order valence-electron chi connectivity index (χ2n) is 6.15. The number of hydrogen-bond acceptors (Lipinski definition) is 5. The van der Waals surface area contributed by atoms with E-state index in [-0.39, 0.29) is 16.8 Å². The van der Waals surface area contributed by atoms with Gasteiger partial charge in [0.2, 0.25) is 0 Å². The summed E-state index contributed by atoms with van der Waals surface area (Å²) in [5, 5.41) is 0. The molecule has 1 aliphatic rings. The van der Waals surface area contributed by atoms with Gasteiger partial charge in [-0.05, 0) is 39.8 Å². The molecule has 2 rings (SSSR count). The Morgan fingerprint density at radius 3 is 2.14 bits per heavy atom. The molecule has 0 aliphatic carbocycles. The molecule has 22 heavy (non-hydrogen) atoms. The van der Waals surface area contributed by atoms with Crippen LogP contribution >= 0.6 is 0 Å². The fraction of sp³-hybridized carbons (Fsp3) is 0.533. The van der Waals surface area contributed by atoms with Crippen LogP contribution in [0.4, 0.5) is 4.39 Å². The number of carbonyl (C=O) groups excluding carboxylic acids is 1. The predicted molar refractivity (Wildman–Crippen MR) is 80.0 cm³/mol. The van der Waals surface area contributed by atoms with E-state index in [1.165, 1.54) is 20.3 Å². The number of esters is 1. The minimum atomic E-state index is -0.870. The zero-order chi connectivity index (χ0) is 16.7. The maximum Gasteiger partial charge on any atom is 0.497 e. The molecule has 1 heterocycles. The van der Waals surface area contributed by atoms with Crippen LogP contribution in [0.2, 0.25) is 0 Å². The Morgan fingerprint density at radius 2 is 1.68 bits per heavy atom. The lowest BCUT2D eigenvalue weighted by Gasteiger charge is -2.32. The van der Waals surface area contributed by atoms with E-state index in [0.29, 0.717) is 0 Å². The third-order valence-corrected chi connectivity index (χ3v) is 4.23. The smallest absolute Gasteiger partial charge is 0.496 e. The van der Waals surface area contributed by atoms with Gasteiger partial charge in [-0.25, -0.2) is 9.18 Å². The molecule has 1 aliphatic heterocycles. The van der Waals surface area contributed by atoms with Crippen LogP contribution in [0, 0.1) is 5.82 Å². The van der Waals surface area contributed by atoms with Crippen molar-refractivity contribution in [1.29, 1.82) is 0 Å². The number of ether oxygens (including phenoxy) is 2. The van der Waals surface area contributed by atoms with Crippen molar-refractivity contribution in [1.82, 2.24) is 0 Å². The van der Waals surface area contributed by atoms with Crippen LogP contribution in [-0.4, -0.2) is 38.5 Å². The van der Waals surface area contributed by atoms with Gasteiger partial charge in [-0.1, -0.05) is 0 Å². The largest absolute Gasteiger partial charge is 0.497 e. The molecule has 0 saturated carbocycles. The summed E-state index contributed by atoms with van der Waals surface area (Å²) in [6.07, 6.45) is 0. The quantitative estimate of drug-likeness (QED) is 0.631. The minimum Gasteiger partial charge on any atom is -0.496 e. The van der Waals surface area contributed by atoms with Crippen LogP contribution in [0.15, 0.2) is 12.1 Å². The van der Waals surface area contributed by atoms with Crippen molar-refractivity contribution >= 4 is 18.6 Å². The van der Waals surface area contributed by atoms with Gasteiger partial charge in [0.1, 0.15) is 17.1 Å². The van der Waals surface area contributed by atoms with Crippen LogP contribution in [-0.2, 0) is 14.0 Å². The first-order chi connectivity index (χ1) is 10.1. The maximum absolute atomic E-state index is 14.4. The summed E-state index contributed by atoms with van der Waals surface area (Å²) < 4.78 is 35.8. The molecule has 0 N–H and O–H groups in total. The van der Waals surface area contributed by atoms with E-state index in [9.17, 15) is 9.18 Å². The summed E-state index contributed by atoms with van der Waals surface area (Å²) in [5.41, 5.74) is -0.970. The summed E-state index contributed by atoms with van der Waals surface area (Å²) in [7, 11) is 1.75. The highest BCUT2D eigenvalue weighted by molar-refractivity contribution is 6.62. The average molecular weight is 310 g/mol. The summed E-state index contributed by atoms with van der Waals surface area (Å²) in [6, 6.07) is 2.48. The topological polar surface area (TPSA) is 54.0 Å². The molecule has 1 fully saturated rings. The van der Waals surface area contributed by atoms with E-state index in [1.807, 2.05) is 27.7 Å². The van der Waals surface area contributed by atoms with Crippen molar-refractivity contribution in [2.75, 3.05) is 14.2 Å². The summed E-state index contributed by atoms with van der Waals surface area (Å²) in [5.74, 6) is -1.08. The number of carbonyl (C=O) groups is 1. The molecular formula is C15H20BFO5. The fourth-order valence-corrected chi connectivity index (χ4v) is 2.16. The van der Waals surface area contributed by atoms with Gasteiger partial charge < -0.3 is 18.8 Å². The Bertz CT molecular complexity index is 584. The highest BCUT2D eigenvalue weighted by Crippen LogP contribution is 2.37. The van der Waals surface area contributed by atoms with Crippen LogP contribution in [0.5, 0.6) is 5.75 Å². The van der Waals surface area contributed by atoms with E-state index in [0.717, 1.165) is 6.07 Å². The minimum absolute atomic E-state index is 0.0165. The molecule has 0 amide bonds. The van der Waals surface area contributed by atoms with E-state index in [2.05, 4.69) is 4.74 Å². The Morgan fingerprint density at radius 1 is 1.14 bits per heavy atom. The Labute approximate surface area is 129 Å². The summed E-state index contributed by atoms with van der Waals surface area (Å²) in [4.78, 5) is 11.7. The van der Waals surface area contributed by atoms with Gasteiger partial charge in [0.25, 0.3) is 0 Å². The predicted octanol–water partition coefficient (Wildman–Crippen LogP) is 1.92. The highest BCUT2D eigenvalue weighted by Gasteiger charge is 2.52. The SMILES string of the molecule is COC(=O)c1cc(F)c(B2OC(C)(C)C(C)(C)O2)cc1OC. The number of hydrogen-bond donors (Lipinski definition) is 0. The highest BCUT2D eigenvalue weighted by atomic mass is 19.1. The first kappa shape index (κ1) is 16.8. The van der Waals surface area contributed by atoms with Gasteiger partial charge in [0.05, 0.1) is 25.4 Å². The number of benzene rings is 1. The third-order valence-electron chi connectivity index (χ3n) is 4.23. The number of rotatable bonds is 3. The molecule has 0 unspecified atom stereocenters. The zero-order valence-electron chi connectivity index (χ0n) is 13.7. The second kappa shape index (κ2) is 5.55. The van der Waals surface area contributed by atoms with E-state index in [1.54, 1.807) is 0 Å². The van der Waals surface area contributed by atoms with Crippen molar-refractivity contribution in [2.24, 2.45) is 0 Å². The molecule has 0 atom stereocenters. The molecule has 1 aromatic carbocycles. The fourth-order valence-electron chi connectivity index (χ4n) is 2.16. The lowest BCUT2D eigenvalue weighted by molar-refractivity contribution is 0.00578. The summed E-state index contributed by atoms with van der Waals surface area (Å²) >= 11 is 0. The van der Waals surface area contributed by atoms with Crippen LogP contribution in [0.25, 0.3) is 0 Å². The van der Waals surface area contributed by atoms with Crippen LogP contribution < -0.4 is 10.2 Å². The average Bonchev–Trinajstić information content (AvgIpc) is 2.66. The van der Waals surface area contributed by atoms with Crippen molar-refractivity contribution in [3.05, 3.63) is 23.5 Å². The van der Waals surface area contributed by atoms with Gasteiger partial charge >= 0.3 is 13.1 Å². The van der Waals surface area contributed by atoms with Gasteiger partial charge in [0.15, 0.2) is 0 Å². The van der Waals surface area contributed by atoms with Gasteiger partial charge in [-0.3, -0.25) is 0 Å². The molecule has 1 aromatic rings. The molecule has 0 bridgehead atoms. The lowest BCUT2D eigenvalue weighted by Crippen LogP contribution is -2.41. The molecular weight excluding hydrogens is 290 g/mol. The monoisotopic (exact) mass is 310 g/mol. The van der Waals surface area contributed by atoms with Crippen molar-refractivity contribution in [3.8, 4) is 5.75 Å². The van der Waals surface area contributed by atoms with E-state index in [4.69, 9.17) is 14.0 Å². The summed E-state index contributed by atoms with van der Waals surface area (Å²) in [6.45, 7) is 7.52. The first-order valence-electron chi connectivity index (χ1n) is 6.94. The molecule has 0 spiro atoms. The van der Waals surface area contributed by atoms with Crippen molar-refractivity contribution in [3.63, 3.8) is 0 Å². The van der Waals surface area contributed by atoms with Gasteiger partial charge in [-0.2, -0.15) is 0 Å². The van der Waals surface area contributed by atoms with Crippen LogP contribution in [0.3, 0.4) is 0 Å². The van der Waals surface area contributed by atoms with Crippen molar-refractivity contribution in [2.45, 2.75) is 38.9 Å². The molecule has 0 radical (unpaired) electrons. The van der Waals surface area contributed by atoms with Gasteiger partial charge in [0, 0.05) is 5.46 Å². The Balaban J connectivity index is 2.44. The number of methoxy groups -OCH3 is 2. The molecule has 5 nitrogen and oxygen atoms in total. The second-order valence-corrected chi connectivity index (χ2v) is 6.15.